The Morgan fingerprint density at radius 1 is 1.29 bits per heavy atom. The first kappa shape index (κ1) is 13.7. The predicted molar refractivity (Wildman–Crippen MR) is 79.4 cm³/mol. The summed E-state index contributed by atoms with van der Waals surface area (Å²) < 4.78 is 5.11. The topological polar surface area (TPSA) is 67.0 Å². The molecule has 1 aromatic heterocycles. The molecular weight excluding hydrogens is 266 g/mol. The summed E-state index contributed by atoms with van der Waals surface area (Å²) in [4.78, 5) is 12.3. The van der Waals surface area contributed by atoms with Gasteiger partial charge in [0.1, 0.15) is 5.75 Å². The van der Waals surface area contributed by atoms with E-state index in [0.717, 1.165) is 41.8 Å². The molecule has 0 aliphatic heterocycles. The molecule has 21 heavy (non-hydrogen) atoms. The third-order valence-corrected chi connectivity index (χ3v) is 3.88. The molecule has 5 heteroatoms. The van der Waals surface area contributed by atoms with Crippen LogP contribution in [-0.2, 0) is 19.4 Å². The molecule has 1 aliphatic carbocycles. The van der Waals surface area contributed by atoms with E-state index in [9.17, 15) is 4.79 Å². The number of nitrogens with one attached hydrogen (secondary N) is 2. The largest absolute Gasteiger partial charge is 0.497 e. The molecule has 0 unspecified atom stereocenters. The predicted octanol–water partition coefficient (Wildman–Crippen LogP) is 2.23. The Kier molecular flexibility index (Phi) is 3.90. The number of hydrogen-bond acceptors (Lipinski definition) is 3. The zero-order valence-corrected chi connectivity index (χ0v) is 12.1. The first-order chi connectivity index (χ1) is 10.3. The van der Waals surface area contributed by atoms with E-state index in [1.54, 1.807) is 7.11 Å². The maximum absolute atomic E-state index is 12.3. The molecule has 0 saturated carbocycles. The van der Waals surface area contributed by atoms with Crippen LogP contribution in [0.5, 0.6) is 5.75 Å². The standard InChI is InChI=1S/C16H19N3O2/c1-21-12-8-6-11(7-9-12)10-17-16(20)15-13-4-2-3-5-14(13)18-19-15/h6-9H,2-5,10H2,1H3,(H,17,20)(H,18,19). The monoisotopic (exact) mass is 285 g/mol. The minimum absolute atomic E-state index is 0.106. The molecule has 1 aromatic carbocycles. The molecule has 1 amide bonds. The van der Waals surface area contributed by atoms with Gasteiger partial charge in [0.15, 0.2) is 5.69 Å². The summed E-state index contributed by atoms with van der Waals surface area (Å²) >= 11 is 0. The van der Waals surface area contributed by atoms with Gasteiger partial charge in [-0.2, -0.15) is 5.10 Å². The van der Waals surface area contributed by atoms with Gasteiger partial charge in [0.25, 0.3) is 5.91 Å². The lowest BCUT2D eigenvalue weighted by molar-refractivity contribution is 0.0945. The fraction of sp³-hybridized carbons (Fsp3) is 0.375. The van der Waals surface area contributed by atoms with Crippen molar-refractivity contribution in [2.24, 2.45) is 0 Å². The number of aromatic nitrogens is 2. The summed E-state index contributed by atoms with van der Waals surface area (Å²) in [5.41, 5.74) is 3.80. The zero-order chi connectivity index (χ0) is 14.7. The molecule has 0 saturated heterocycles. The lowest BCUT2D eigenvalue weighted by Gasteiger charge is -2.11. The number of methoxy groups -OCH3 is 1. The highest BCUT2D eigenvalue weighted by molar-refractivity contribution is 5.94. The molecule has 3 rings (SSSR count). The molecule has 5 nitrogen and oxygen atoms in total. The van der Waals surface area contributed by atoms with Crippen molar-refractivity contribution in [2.75, 3.05) is 7.11 Å². The molecule has 1 heterocycles. The second-order valence-corrected chi connectivity index (χ2v) is 5.27. The molecular formula is C16H19N3O2. The van der Waals surface area contributed by atoms with E-state index in [-0.39, 0.29) is 5.91 Å². The number of ether oxygens (including phenoxy) is 1. The number of benzene rings is 1. The average Bonchev–Trinajstić information content (AvgIpc) is 2.97. The van der Waals surface area contributed by atoms with Crippen molar-refractivity contribution in [1.82, 2.24) is 15.5 Å². The van der Waals surface area contributed by atoms with E-state index >= 15 is 0 Å². The molecule has 0 radical (unpaired) electrons. The van der Waals surface area contributed by atoms with Crippen molar-refractivity contribution in [3.8, 4) is 5.75 Å². The molecule has 0 fully saturated rings. The van der Waals surface area contributed by atoms with Crippen LogP contribution in [-0.4, -0.2) is 23.2 Å². The SMILES string of the molecule is COc1ccc(CNC(=O)c2n[nH]c3c2CCCC3)cc1. The quantitative estimate of drug-likeness (QED) is 0.905. The zero-order valence-electron chi connectivity index (χ0n) is 12.1. The first-order valence-corrected chi connectivity index (χ1v) is 7.25. The number of H-pyrrole nitrogens is 1. The number of amides is 1. The van der Waals surface area contributed by atoms with Crippen molar-refractivity contribution < 1.29 is 9.53 Å². The molecule has 0 spiro atoms. The highest BCUT2D eigenvalue weighted by atomic mass is 16.5. The van der Waals surface area contributed by atoms with Crippen molar-refractivity contribution >= 4 is 5.91 Å². The van der Waals surface area contributed by atoms with Crippen LogP contribution in [0.25, 0.3) is 0 Å². The van der Waals surface area contributed by atoms with Crippen LogP contribution in [0.2, 0.25) is 0 Å². The Morgan fingerprint density at radius 3 is 2.81 bits per heavy atom. The van der Waals surface area contributed by atoms with Crippen molar-refractivity contribution in [3.05, 3.63) is 46.8 Å². The van der Waals surface area contributed by atoms with Crippen LogP contribution in [0.3, 0.4) is 0 Å². The van der Waals surface area contributed by atoms with Gasteiger partial charge in [-0.25, -0.2) is 0 Å². The summed E-state index contributed by atoms with van der Waals surface area (Å²) in [6.07, 6.45) is 4.23. The van der Waals surface area contributed by atoms with E-state index in [0.29, 0.717) is 12.2 Å². The van der Waals surface area contributed by atoms with Crippen LogP contribution in [0, 0.1) is 0 Å². The summed E-state index contributed by atoms with van der Waals surface area (Å²) in [6, 6.07) is 7.66. The van der Waals surface area contributed by atoms with Gasteiger partial charge < -0.3 is 10.1 Å². The number of carbonyl (C=O) groups is 1. The molecule has 2 N–H and O–H groups in total. The Hall–Kier alpha value is -2.30. The maximum atomic E-state index is 12.3. The van der Waals surface area contributed by atoms with Gasteiger partial charge in [0, 0.05) is 17.8 Å². The van der Waals surface area contributed by atoms with Crippen LogP contribution in [0.15, 0.2) is 24.3 Å². The lowest BCUT2D eigenvalue weighted by atomic mass is 9.96. The Labute approximate surface area is 123 Å². The minimum atomic E-state index is -0.106. The summed E-state index contributed by atoms with van der Waals surface area (Å²) in [7, 11) is 1.64. The molecule has 2 aromatic rings. The van der Waals surface area contributed by atoms with Gasteiger partial charge in [0.05, 0.1) is 7.11 Å². The summed E-state index contributed by atoms with van der Waals surface area (Å²) in [5.74, 6) is 0.705. The molecule has 110 valence electrons. The number of rotatable bonds is 4. The van der Waals surface area contributed by atoms with Gasteiger partial charge in [-0.1, -0.05) is 12.1 Å². The summed E-state index contributed by atoms with van der Waals surface area (Å²) in [6.45, 7) is 0.491. The Balaban J connectivity index is 1.64. The van der Waals surface area contributed by atoms with Crippen LogP contribution >= 0.6 is 0 Å². The third-order valence-electron chi connectivity index (χ3n) is 3.88. The molecule has 1 aliphatic rings. The highest BCUT2D eigenvalue weighted by Gasteiger charge is 2.21. The Bertz CT molecular complexity index is 631. The molecule has 0 atom stereocenters. The van der Waals surface area contributed by atoms with Crippen LogP contribution in [0.4, 0.5) is 0 Å². The van der Waals surface area contributed by atoms with E-state index in [2.05, 4.69) is 15.5 Å². The van der Waals surface area contributed by atoms with Crippen LogP contribution < -0.4 is 10.1 Å². The average molecular weight is 285 g/mol. The number of aryl methyl sites for hydroxylation is 1. The minimum Gasteiger partial charge on any atom is -0.497 e. The second kappa shape index (κ2) is 5.99. The summed E-state index contributed by atoms with van der Waals surface area (Å²) in [5, 5.41) is 10.1. The van der Waals surface area contributed by atoms with E-state index < -0.39 is 0 Å². The first-order valence-electron chi connectivity index (χ1n) is 7.25. The van der Waals surface area contributed by atoms with Gasteiger partial charge >= 0.3 is 0 Å². The van der Waals surface area contributed by atoms with Gasteiger partial charge in [0.2, 0.25) is 0 Å². The number of nitrogens with zero attached hydrogens (tertiary/aromatic N) is 1. The Morgan fingerprint density at radius 2 is 2.05 bits per heavy atom. The molecule has 0 bridgehead atoms. The lowest BCUT2D eigenvalue weighted by Crippen LogP contribution is -2.24. The fourth-order valence-electron chi connectivity index (χ4n) is 2.68. The van der Waals surface area contributed by atoms with Gasteiger partial charge in [-0.15, -0.1) is 0 Å². The van der Waals surface area contributed by atoms with Crippen molar-refractivity contribution in [3.63, 3.8) is 0 Å². The van der Waals surface area contributed by atoms with Crippen molar-refractivity contribution in [2.45, 2.75) is 32.2 Å². The number of hydrogen-bond donors (Lipinski definition) is 2. The van der Waals surface area contributed by atoms with E-state index in [1.165, 1.54) is 6.42 Å². The smallest absolute Gasteiger partial charge is 0.272 e. The van der Waals surface area contributed by atoms with Gasteiger partial charge in [-0.05, 0) is 43.4 Å². The normalized spacial score (nSPS) is 13.6. The number of carbonyl (C=O) groups excluding carboxylic acids is 1. The number of fused-ring (bicyclic) bond motifs is 1. The van der Waals surface area contributed by atoms with Crippen LogP contribution in [0.1, 0.15) is 40.2 Å². The highest BCUT2D eigenvalue weighted by Crippen LogP contribution is 2.22. The van der Waals surface area contributed by atoms with E-state index in [4.69, 9.17) is 4.74 Å². The maximum Gasteiger partial charge on any atom is 0.272 e. The van der Waals surface area contributed by atoms with Crippen molar-refractivity contribution in [1.29, 1.82) is 0 Å². The third kappa shape index (κ3) is 2.91. The van der Waals surface area contributed by atoms with E-state index in [1.807, 2.05) is 24.3 Å². The second-order valence-electron chi connectivity index (χ2n) is 5.27. The van der Waals surface area contributed by atoms with Gasteiger partial charge in [-0.3, -0.25) is 9.89 Å². The fourth-order valence-corrected chi connectivity index (χ4v) is 2.68. The number of aromatic amines is 1.